The van der Waals surface area contributed by atoms with Gasteiger partial charge in [0.05, 0.1) is 24.9 Å². The predicted octanol–water partition coefficient (Wildman–Crippen LogP) is 5.51. The average molecular weight is 487 g/mol. The molecule has 2 saturated heterocycles. The Labute approximate surface area is 203 Å². The summed E-state index contributed by atoms with van der Waals surface area (Å²) in [5.41, 5.74) is 1.52. The molecular weight excluding hydrogens is 436 g/mol. The number of rotatable bonds is 11. The van der Waals surface area contributed by atoms with Crippen LogP contribution in [0.1, 0.15) is 68.7 Å². The first kappa shape index (κ1) is 29.0. The molecule has 2 aliphatic heterocycles. The maximum absolute atomic E-state index is 11.1. The highest BCUT2D eigenvalue weighted by molar-refractivity contribution is 6.77. The lowest BCUT2D eigenvalue weighted by Gasteiger charge is -2.51. The molecule has 2 aliphatic rings. The van der Waals surface area contributed by atoms with Crippen LogP contribution in [-0.2, 0) is 23.4 Å². The Hall–Kier alpha value is -0.283. The second-order valence-electron chi connectivity index (χ2n) is 11.2. The zero-order chi connectivity index (χ0) is 25.1. The lowest BCUT2D eigenvalue weighted by Crippen LogP contribution is -2.61. The number of aliphatic hydroxyl groups excluding tert-OH is 1. The molecule has 1 spiro atoms. The first-order valence-corrected chi connectivity index (χ1v) is 14.9. The van der Waals surface area contributed by atoms with Gasteiger partial charge in [0.15, 0.2) is 5.79 Å². The van der Waals surface area contributed by atoms with E-state index in [9.17, 15) is 5.11 Å². The summed E-state index contributed by atoms with van der Waals surface area (Å²) >= 11 is 0. The van der Waals surface area contributed by atoms with Gasteiger partial charge in [0.25, 0.3) is 0 Å². The predicted molar refractivity (Wildman–Crippen MR) is 135 cm³/mol. The molecule has 0 amide bonds. The van der Waals surface area contributed by atoms with Crippen LogP contribution >= 0.6 is 0 Å². The van der Waals surface area contributed by atoms with Crippen LogP contribution in [0.15, 0.2) is 12.7 Å². The maximum atomic E-state index is 11.1. The molecular formula is C26H50O6Si. The third-order valence-corrected chi connectivity index (χ3v) is 14.5. The SMILES string of the molecule is C=C[C@@H](C)[C@H](O)[C@@H]1O[C@]2(C[C@H](O[Si](C(C)C)(C(C)C)C(C)C)CO2)[C@@H](C)[C@H](C)[C@H]1OCOC. The second kappa shape index (κ2) is 11.6. The lowest BCUT2D eigenvalue weighted by atomic mass is 9.75. The standard InChI is InChI=1S/C26H50O6Si/c1-12-19(8)23(27)25-24(29-15-28-11)20(9)21(10)26(31-25)13-22(14-30-26)32-33(16(2)3,17(4)5)18(6)7/h12,16-25,27H,1,13-15H2,2-11H3/t19-,20+,21+,22+,23+,24-,25+,26-/m1/s1. The smallest absolute Gasteiger partial charge is 0.200 e. The Morgan fingerprint density at radius 1 is 1.09 bits per heavy atom. The summed E-state index contributed by atoms with van der Waals surface area (Å²) in [5.74, 6) is -0.762. The number of aliphatic hydroxyl groups is 1. The van der Waals surface area contributed by atoms with E-state index in [2.05, 4.69) is 62.0 Å². The third-order valence-electron chi connectivity index (χ3n) is 8.39. The number of hydrogen-bond donors (Lipinski definition) is 1. The first-order valence-electron chi connectivity index (χ1n) is 12.8. The summed E-state index contributed by atoms with van der Waals surface area (Å²) in [4.78, 5) is 0. The van der Waals surface area contributed by atoms with Crippen LogP contribution < -0.4 is 0 Å². The molecule has 194 valence electrons. The Morgan fingerprint density at radius 3 is 2.15 bits per heavy atom. The van der Waals surface area contributed by atoms with Gasteiger partial charge in [-0.25, -0.2) is 0 Å². The van der Waals surface area contributed by atoms with Crippen LogP contribution in [0.25, 0.3) is 0 Å². The van der Waals surface area contributed by atoms with Crippen LogP contribution in [0.2, 0.25) is 16.6 Å². The fraction of sp³-hybridized carbons (Fsp3) is 0.923. The Morgan fingerprint density at radius 2 is 1.67 bits per heavy atom. The van der Waals surface area contributed by atoms with Crippen LogP contribution in [0.3, 0.4) is 0 Å². The van der Waals surface area contributed by atoms with Gasteiger partial charge < -0.3 is 28.5 Å². The van der Waals surface area contributed by atoms with Crippen LogP contribution in [-0.4, -0.2) is 64.1 Å². The molecule has 0 saturated carbocycles. The van der Waals surface area contributed by atoms with Crippen LogP contribution in [0.4, 0.5) is 0 Å². The van der Waals surface area contributed by atoms with Gasteiger partial charge in [-0.3, -0.25) is 0 Å². The zero-order valence-corrected chi connectivity index (χ0v) is 23.7. The quantitative estimate of drug-likeness (QED) is 0.236. The van der Waals surface area contributed by atoms with E-state index in [1.54, 1.807) is 13.2 Å². The molecule has 2 fully saturated rings. The summed E-state index contributed by atoms with van der Waals surface area (Å²) in [6.07, 6.45) is 0.816. The molecule has 0 aromatic carbocycles. The monoisotopic (exact) mass is 486 g/mol. The van der Waals surface area contributed by atoms with Crippen molar-refractivity contribution in [1.29, 1.82) is 0 Å². The largest absolute Gasteiger partial charge is 0.411 e. The van der Waals surface area contributed by atoms with E-state index in [1.165, 1.54) is 0 Å². The molecule has 2 rings (SSSR count). The van der Waals surface area contributed by atoms with E-state index in [0.717, 1.165) is 0 Å². The Bertz CT molecular complexity index is 604. The number of methoxy groups -OCH3 is 1. The topological polar surface area (TPSA) is 66.4 Å². The first-order chi connectivity index (χ1) is 15.4. The minimum absolute atomic E-state index is 0.00965. The molecule has 8 atom stereocenters. The van der Waals surface area contributed by atoms with E-state index in [-0.39, 0.29) is 36.8 Å². The zero-order valence-electron chi connectivity index (χ0n) is 22.7. The van der Waals surface area contributed by atoms with E-state index >= 15 is 0 Å². The minimum Gasteiger partial charge on any atom is -0.411 e. The van der Waals surface area contributed by atoms with Gasteiger partial charge in [0, 0.05) is 25.4 Å². The molecule has 6 nitrogen and oxygen atoms in total. The summed E-state index contributed by atoms with van der Waals surface area (Å²) < 4.78 is 31.4. The van der Waals surface area contributed by atoms with Gasteiger partial charge in [-0.05, 0) is 22.5 Å². The highest BCUT2D eigenvalue weighted by Crippen LogP contribution is 2.50. The van der Waals surface area contributed by atoms with Crippen LogP contribution in [0.5, 0.6) is 0 Å². The summed E-state index contributed by atoms with van der Waals surface area (Å²) in [7, 11) is -0.440. The van der Waals surface area contributed by atoms with Gasteiger partial charge in [0.1, 0.15) is 12.9 Å². The van der Waals surface area contributed by atoms with E-state index < -0.39 is 26.3 Å². The van der Waals surface area contributed by atoms with E-state index in [0.29, 0.717) is 29.7 Å². The molecule has 0 aliphatic carbocycles. The van der Waals surface area contributed by atoms with Crippen molar-refractivity contribution in [3.63, 3.8) is 0 Å². The molecule has 7 heteroatoms. The van der Waals surface area contributed by atoms with Gasteiger partial charge in [-0.1, -0.05) is 68.4 Å². The minimum atomic E-state index is -2.04. The fourth-order valence-electron chi connectivity index (χ4n) is 6.33. The Balaban J connectivity index is 2.32. The maximum Gasteiger partial charge on any atom is 0.200 e. The summed E-state index contributed by atoms with van der Waals surface area (Å²) in [5, 5.41) is 11.1. The van der Waals surface area contributed by atoms with E-state index in [4.69, 9.17) is 23.4 Å². The Kier molecular flexibility index (Phi) is 10.2. The van der Waals surface area contributed by atoms with Gasteiger partial charge in [0.2, 0.25) is 8.32 Å². The number of ether oxygens (including phenoxy) is 4. The highest BCUT2D eigenvalue weighted by Gasteiger charge is 2.59. The van der Waals surface area contributed by atoms with Crippen molar-refractivity contribution in [2.45, 2.75) is 116 Å². The van der Waals surface area contributed by atoms with Crippen molar-refractivity contribution >= 4 is 8.32 Å². The highest BCUT2D eigenvalue weighted by atomic mass is 28.4. The van der Waals surface area contributed by atoms with Crippen molar-refractivity contribution in [3.8, 4) is 0 Å². The molecule has 0 radical (unpaired) electrons. The van der Waals surface area contributed by atoms with Crippen LogP contribution in [0, 0.1) is 17.8 Å². The molecule has 0 aromatic rings. The average Bonchev–Trinajstić information content (AvgIpc) is 3.16. The molecule has 0 unspecified atom stereocenters. The van der Waals surface area contributed by atoms with Gasteiger partial charge in [-0.15, -0.1) is 6.58 Å². The molecule has 1 N–H and O–H groups in total. The van der Waals surface area contributed by atoms with Crippen molar-refractivity contribution < 1.29 is 28.5 Å². The summed E-state index contributed by atoms with van der Waals surface area (Å²) in [6, 6.07) is 0. The van der Waals surface area contributed by atoms with Gasteiger partial charge in [-0.2, -0.15) is 0 Å². The van der Waals surface area contributed by atoms with Crippen molar-refractivity contribution in [1.82, 2.24) is 0 Å². The van der Waals surface area contributed by atoms with Crippen molar-refractivity contribution in [3.05, 3.63) is 12.7 Å². The van der Waals surface area contributed by atoms with Crippen molar-refractivity contribution in [2.75, 3.05) is 20.5 Å². The van der Waals surface area contributed by atoms with Gasteiger partial charge >= 0.3 is 0 Å². The molecule has 0 aromatic heterocycles. The lowest BCUT2D eigenvalue weighted by molar-refractivity contribution is -0.343. The second-order valence-corrected chi connectivity index (χ2v) is 16.6. The third kappa shape index (κ3) is 5.60. The molecule has 2 heterocycles. The van der Waals surface area contributed by atoms with E-state index in [1.807, 2.05) is 6.92 Å². The fourth-order valence-corrected chi connectivity index (χ4v) is 11.9. The molecule has 33 heavy (non-hydrogen) atoms. The van der Waals surface area contributed by atoms with Crippen molar-refractivity contribution in [2.24, 2.45) is 17.8 Å². The number of hydrogen-bond acceptors (Lipinski definition) is 6. The molecule has 0 bridgehead atoms. The summed E-state index contributed by atoms with van der Waals surface area (Å²) in [6.45, 7) is 24.6. The normalized spacial score (nSPS) is 35.0.